The Morgan fingerprint density at radius 3 is 0.288 bits per heavy atom. The molecule has 0 radical (unpaired) electrons. The quantitative estimate of drug-likeness (QED) is 0.0421. The van der Waals surface area contributed by atoms with E-state index in [1.54, 1.807) is 76.0 Å². The van der Waals surface area contributed by atoms with Crippen LogP contribution in [-0.4, -0.2) is 24.6 Å². The van der Waals surface area contributed by atoms with Crippen LogP contribution in [0.4, 0.5) is 0 Å². The Morgan fingerprint density at radius 2 is 0.192 bits per heavy atom. The second kappa shape index (κ2) is 66.7. The van der Waals surface area contributed by atoms with Gasteiger partial charge in [0.1, 0.15) is 0 Å². The van der Waals surface area contributed by atoms with Crippen molar-refractivity contribution >= 4 is 7.26 Å². The molecule has 0 saturated carbocycles. The van der Waals surface area contributed by atoms with E-state index in [-0.39, 0.29) is 0 Å². The third kappa shape index (κ3) is 61.5. The maximum atomic E-state index is 2.34. The standard InChI is InChI=1S/C72H149P/c1-5-9-13-17-21-25-29-33-36-39-42-46-50-54-58-62-66-70-73(69-65-61-57-53-49-45-32-28-24-20-16-12-8-4,71-67-63-59-55-51-47-43-40-37-34-30-26-22-18-14-10-6-2)72-68-64-60-56-52-48-44-41-38-35-31-27-23-19-15-11-7-3/h73H,5-72H2,1-4H3. The average Bonchev–Trinajstić information content (AvgIpc) is 3.40. The van der Waals surface area contributed by atoms with Gasteiger partial charge < -0.3 is 0 Å². The van der Waals surface area contributed by atoms with E-state index < -0.39 is 7.26 Å². The Kier molecular flexibility index (Phi) is 67.1. The van der Waals surface area contributed by atoms with Crippen LogP contribution in [0.5, 0.6) is 0 Å². The molecular weight excluding hydrogens is 896 g/mol. The van der Waals surface area contributed by atoms with Gasteiger partial charge in [-0.1, -0.05) is 156 Å². The summed E-state index contributed by atoms with van der Waals surface area (Å²) in [5.74, 6) is 0. The zero-order chi connectivity index (χ0) is 52.6. The molecule has 0 unspecified atom stereocenters. The number of hydrogen-bond acceptors (Lipinski definition) is 0. The SMILES string of the molecule is CCCCCCCCCCCCCCCCCCC[PH](CCCCCCCCCCCCCCC)(CCCCCCCCCCCCCCCCCCC)CCCCCCCCCCCCCCCCCCC. The van der Waals surface area contributed by atoms with Crippen molar-refractivity contribution in [2.75, 3.05) is 24.6 Å². The Balaban J connectivity index is 4.93. The molecule has 0 aliphatic rings. The minimum Gasteiger partial charge on any atom is -0.0654 e. The van der Waals surface area contributed by atoms with Crippen LogP contribution in [0.15, 0.2) is 0 Å². The van der Waals surface area contributed by atoms with Crippen LogP contribution in [0.1, 0.15) is 439 Å². The van der Waals surface area contributed by atoms with E-state index in [1.807, 2.05) is 0 Å². The number of rotatable bonds is 68. The molecule has 0 nitrogen and oxygen atoms in total. The summed E-state index contributed by atoms with van der Waals surface area (Å²) in [5.41, 5.74) is 0. The second-order valence-electron chi connectivity index (χ2n) is 25.7. The molecule has 0 aromatic carbocycles. The van der Waals surface area contributed by atoms with Gasteiger partial charge in [0, 0.05) is 0 Å². The van der Waals surface area contributed by atoms with Gasteiger partial charge in [-0.15, -0.1) is 0 Å². The third-order valence-corrected chi connectivity index (χ3v) is 23.9. The van der Waals surface area contributed by atoms with Gasteiger partial charge in [-0.05, 0) is 0 Å². The van der Waals surface area contributed by atoms with Gasteiger partial charge >= 0.3 is 314 Å². The van der Waals surface area contributed by atoms with Gasteiger partial charge in [0.2, 0.25) is 0 Å². The summed E-state index contributed by atoms with van der Waals surface area (Å²) in [6, 6.07) is 0. The van der Waals surface area contributed by atoms with Crippen molar-refractivity contribution < 1.29 is 0 Å². The molecule has 0 aromatic heterocycles. The zero-order valence-electron chi connectivity index (χ0n) is 52.6. The van der Waals surface area contributed by atoms with Crippen molar-refractivity contribution in [3.05, 3.63) is 0 Å². The average molecular weight is 1050 g/mol. The van der Waals surface area contributed by atoms with Gasteiger partial charge in [0.25, 0.3) is 0 Å². The summed E-state index contributed by atoms with van der Waals surface area (Å²) in [4.78, 5) is 0. The number of hydrogen-bond donors (Lipinski definition) is 0. The first kappa shape index (κ1) is 73.4. The van der Waals surface area contributed by atoms with E-state index in [1.165, 1.54) is 360 Å². The Morgan fingerprint density at radius 1 is 0.110 bits per heavy atom. The van der Waals surface area contributed by atoms with Gasteiger partial charge in [0.05, 0.1) is 0 Å². The molecule has 0 rings (SSSR count). The molecule has 0 aliphatic heterocycles. The molecule has 1 heteroatoms. The van der Waals surface area contributed by atoms with Crippen LogP contribution in [-0.2, 0) is 0 Å². The smallest absolute Gasteiger partial charge is 0.0654 e. The van der Waals surface area contributed by atoms with E-state index >= 15 is 0 Å². The van der Waals surface area contributed by atoms with Gasteiger partial charge in [-0.2, -0.15) is 0 Å². The predicted octanol–water partition coefficient (Wildman–Crippen LogP) is 27.8. The zero-order valence-corrected chi connectivity index (χ0v) is 53.6. The van der Waals surface area contributed by atoms with Gasteiger partial charge in [-0.3, -0.25) is 0 Å². The van der Waals surface area contributed by atoms with Crippen LogP contribution < -0.4 is 0 Å². The molecule has 0 fully saturated rings. The monoisotopic (exact) mass is 1050 g/mol. The summed E-state index contributed by atoms with van der Waals surface area (Å²) in [7, 11) is -1.22. The fourth-order valence-corrected chi connectivity index (χ4v) is 18.4. The van der Waals surface area contributed by atoms with Gasteiger partial charge in [0.15, 0.2) is 0 Å². The molecule has 73 heavy (non-hydrogen) atoms. The minimum absolute atomic E-state index is 1.22. The first-order valence-electron chi connectivity index (χ1n) is 36.2. The molecule has 0 saturated heterocycles. The topological polar surface area (TPSA) is 0 Å². The van der Waals surface area contributed by atoms with Crippen LogP contribution in [0.25, 0.3) is 0 Å². The molecule has 0 bridgehead atoms. The van der Waals surface area contributed by atoms with Crippen LogP contribution in [0, 0.1) is 0 Å². The Hall–Kier alpha value is 0.430. The Labute approximate surface area is 468 Å². The second-order valence-corrected chi connectivity index (χ2v) is 30.7. The molecule has 0 aromatic rings. The number of unbranched alkanes of at least 4 members (excludes halogenated alkanes) is 60. The first-order valence-corrected chi connectivity index (χ1v) is 39.1. The molecule has 0 N–H and O–H groups in total. The molecule has 0 heterocycles. The summed E-state index contributed by atoms with van der Waals surface area (Å²) in [6.07, 6.45) is 103. The van der Waals surface area contributed by atoms with Crippen molar-refractivity contribution in [2.24, 2.45) is 0 Å². The summed E-state index contributed by atoms with van der Waals surface area (Å²) in [6.45, 7) is 9.34. The molecule has 0 spiro atoms. The third-order valence-electron chi connectivity index (χ3n) is 18.2. The van der Waals surface area contributed by atoms with E-state index in [0.29, 0.717) is 0 Å². The predicted molar refractivity (Wildman–Crippen MR) is 346 cm³/mol. The summed E-state index contributed by atoms with van der Waals surface area (Å²) in [5, 5.41) is 0. The van der Waals surface area contributed by atoms with E-state index in [2.05, 4.69) is 27.7 Å². The van der Waals surface area contributed by atoms with Crippen LogP contribution >= 0.6 is 7.26 Å². The van der Waals surface area contributed by atoms with E-state index in [0.717, 1.165) is 0 Å². The van der Waals surface area contributed by atoms with Crippen molar-refractivity contribution in [3.63, 3.8) is 0 Å². The normalized spacial score (nSPS) is 12.2. The van der Waals surface area contributed by atoms with E-state index in [4.69, 9.17) is 0 Å². The van der Waals surface area contributed by atoms with Crippen molar-refractivity contribution in [1.29, 1.82) is 0 Å². The molecule has 0 aliphatic carbocycles. The van der Waals surface area contributed by atoms with Crippen LogP contribution in [0.3, 0.4) is 0 Å². The Bertz CT molecular complexity index is 832. The van der Waals surface area contributed by atoms with Gasteiger partial charge in [-0.25, -0.2) is 0 Å². The van der Waals surface area contributed by atoms with Crippen molar-refractivity contribution in [2.45, 2.75) is 439 Å². The van der Waals surface area contributed by atoms with Crippen molar-refractivity contribution in [1.82, 2.24) is 0 Å². The fourth-order valence-electron chi connectivity index (χ4n) is 12.9. The first-order chi connectivity index (χ1) is 36.2. The molecular formula is C72H149P. The summed E-state index contributed by atoms with van der Waals surface area (Å²) >= 11 is 0. The van der Waals surface area contributed by atoms with E-state index in [9.17, 15) is 0 Å². The molecule has 442 valence electrons. The fraction of sp³-hybridized carbons (Fsp3) is 1.00. The molecule has 0 atom stereocenters. The van der Waals surface area contributed by atoms with Crippen molar-refractivity contribution in [3.8, 4) is 0 Å². The van der Waals surface area contributed by atoms with Crippen LogP contribution in [0.2, 0.25) is 0 Å². The maximum absolute atomic E-state index is 2.34. The summed E-state index contributed by atoms with van der Waals surface area (Å²) < 4.78 is 0. The molecule has 0 amide bonds. The minimum atomic E-state index is -1.22.